The molecule has 118 valence electrons. The van der Waals surface area contributed by atoms with Gasteiger partial charge in [0, 0.05) is 30.2 Å². The molecule has 0 unspecified atom stereocenters. The van der Waals surface area contributed by atoms with Crippen molar-refractivity contribution in [1.82, 2.24) is 0 Å². The molecule has 1 saturated carbocycles. The fourth-order valence-corrected chi connectivity index (χ4v) is 5.29. The molecule has 0 aliphatic heterocycles. The summed E-state index contributed by atoms with van der Waals surface area (Å²) in [7, 11) is -3.24. The van der Waals surface area contributed by atoms with E-state index in [1.54, 1.807) is 19.1 Å². The monoisotopic (exact) mass is 315 g/mol. The first-order valence-electron chi connectivity index (χ1n) is 7.17. The number of nitrogens with two attached hydrogens (primary N) is 1. The molecule has 3 atom stereocenters. The van der Waals surface area contributed by atoms with Crippen LogP contribution < -0.4 is 5.73 Å². The van der Waals surface area contributed by atoms with Crippen molar-refractivity contribution in [1.29, 1.82) is 0 Å². The maximum Gasteiger partial charge on any atom is 0.154 e. The molecule has 21 heavy (non-hydrogen) atoms. The number of hydrogen-bond donors (Lipinski definition) is 1. The fourth-order valence-electron chi connectivity index (χ4n) is 3.14. The van der Waals surface area contributed by atoms with Crippen LogP contribution in [0.1, 0.15) is 25.3 Å². The number of halogens is 1. The smallest absolute Gasteiger partial charge is 0.154 e. The van der Waals surface area contributed by atoms with Crippen LogP contribution in [0.4, 0.5) is 4.39 Å². The SMILES string of the molecule is CCOC[C@@]1(CN)[C@H](c2ccc(F)cc2)[C@@H]1S(=O)(=O)CC. The highest BCUT2D eigenvalue weighted by Crippen LogP contribution is 2.62. The van der Waals surface area contributed by atoms with Gasteiger partial charge in [0.15, 0.2) is 9.84 Å². The zero-order chi connectivity index (χ0) is 15.7. The van der Waals surface area contributed by atoms with E-state index in [2.05, 4.69) is 0 Å². The van der Waals surface area contributed by atoms with Crippen molar-refractivity contribution < 1.29 is 17.5 Å². The molecule has 0 amide bonds. The maximum atomic E-state index is 13.1. The van der Waals surface area contributed by atoms with Crippen LogP contribution in [-0.2, 0) is 14.6 Å². The van der Waals surface area contributed by atoms with E-state index in [1.807, 2.05) is 6.92 Å². The lowest BCUT2D eigenvalue weighted by Gasteiger charge is -2.15. The Kier molecular flexibility index (Phi) is 4.70. The third-order valence-electron chi connectivity index (χ3n) is 4.35. The molecule has 1 aliphatic rings. The maximum absolute atomic E-state index is 13.1. The Morgan fingerprint density at radius 3 is 2.38 bits per heavy atom. The van der Waals surface area contributed by atoms with Gasteiger partial charge in [0.25, 0.3) is 0 Å². The summed E-state index contributed by atoms with van der Waals surface area (Å²) < 4.78 is 43.3. The lowest BCUT2D eigenvalue weighted by Crippen LogP contribution is -2.29. The predicted molar refractivity (Wildman–Crippen MR) is 80.4 cm³/mol. The molecule has 4 nitrogen and oxygen atoms in total. The van der Waals surface area contributed by atoms with E-state index in [9.17, 15) is 12.8 Å². The number of hydrogen-bond acceptors (Lipinski definition) is 4. The van der Waals surface area contributed by atoms with Crippen LogP contribution in [0.3, 0.4) is 0 Å². The summed E-state index contributed by atoms with van der Waals surface area (Å²) in [5.41, 5.74) is 6.10. The van der Waals surface area contributed by atoms with Crippen LogP contribution in [0.5, 0.6) is 0 Å². The molecule has 1 aromatic rings. The molecule has 0 spiro atoms. The first kappa shape index (κ1) is 16.4. The van der Waals surface area contributed by atoms with Gasteiger partial charge < -0.3 is 10.5 Å². The van der Waals surface area contributed by atoms with Crippen molar-refractivity contribution >= 4 is 9.84 Å². The van der Waals surface area contributed by atoms with E-state index in [-0.39, 0.29) is 24.0 Å². The molecule has 1 aromatic carbocycles. The van der Waals surface area contributed by atoms with Crippen molar-refractivity contribution in [3.63, 3.8) is 0 Å². The average molecular weight is 315 g/mol. The van der Waals surface area contributed by atoms with Crippen LogP contribution >= 0.6 is 0 Å². The van der Waals surface area contributed by atoms with E-state index < -0.39 is 20.5 Å². The summed E-state index contributed by atoms with van der Waals surface area (Å²) in [5, 5.41) is -0.544. The van der Waals surface area contributed by atoms with Crippen LogP contribution in [0, 0.1) is 11.2 Å². The molecular weight excluding hydrogens is 293 g/mol. The van der Waals surface area contributed by atoms with Gasteiger partial charge in [-0.25, -0.2) is 12.8 Å². The molecule has 2 N–H and O–H groups in total. The molecule has 0 saturated heterocycles. The minimum absolute atomic E-state index is 0.0727. The summed E-state index contributed by atoms with van der Waals surface area (Å²) in [6.45, 7) is 4.56. The second-order valence-corrected chi connectivity index (χ2v) is 7.89. The molecule has 0 heterocycles. The Labute approximate surface area is 125 Å². The Hall–Kier alpha value is -0.980. The minimum Gasteiger partial charge on any atom is -0.381 e. The van der Waals surface area contributed by atoms with Gasteiger partial charge in [-0.2, -0.15) is 0 Å². The van der Waals surface area contributed by atoms with Gasteiger partial charge in [0.2, 0.25) is 0 Å². The summed E-state index contributed by atoms with van der Waals surface area (Å²) in [6.07, 6.45) is 0. The highest BCUT2D eigenvalue weighted by molar-refractivity contribution is 7.92. The van der Waals surface area contributed by atoms with Gasteiger partial charge >= 0.3 is 0 Å². The summed E-state index contributed by atoms with van der Waals surface area (Å²) in [5.74, 6) is -0.486. The van der Waals surface area contributed by atoms with E-state index in [0.29, 0.717) is 13.2 Å². The molecule has 0 aromatic heterocycles. The minimum atomic E-state index is -3.24. The van der Waals surface area contributed by atoms with Gasteiger partial charge in [0.05, 0.1) is 11.9 Å². The van der Waals surface area contributed by atoms with Gasteiger partial charge in [-0.05, 0) is 24.6 Å². The van der Waals surface area contributed by atoms with Crippen LogP contribution in [-0.4, -0.2) is 39.2 Å². The Morgan fingerprint density at radius 2 is 1.90 bits per heavy atom. The van der Waals surface area contributed by atoms with Gasteiger partial charge in [-0.1, -0.05) is 19.1 Å². The second kappa shape index (κ2) is 6.02. The Balaban J connectivity index is 2.38. The Bertz CT molecular complexity index is 587. The second-order valence-electron chi connectivity index (χ2n) is 5.48. The number of benzene rings is 1. The number of rotatable bonds is 7. The van der Waals surface area contributed by atoms with Crippen molar-refractivity contribution in [3.05, 3.63) is 35.6 Å². The van der Waals surface area contributed by atoms with Gasteiger partial charge in [-0.3, -0.25) is 0 Å². The van der Waals surface area contributed by atoms with Gasteiger partial charge in [0.1, 0.15) is 5.82 Å². The van der Waals surface area contributed by atoms with Crippen molar-refractivity contribution in [2.75, 3.05) is 25.5 Å². The number of sulfone groups is 1. The van der Waals surface area contributed by atoms with Crippen molar-refractivity contribution in [2.45, 2.75) is 25.0 Å². The summed E-state index contributed by atoms with van der Waals surface area (Å²) in [4.78, 5) is 0. The topological polar surface area (TPSA) is 69.4 Å². The third kappa shape index (κ3) is 2.84. The molecule has 2 rings (SSSR count). The van der Waals surface area contributed by atoms with Crippen LogP contribution in [0.2, 0.25) is 0 Å². The lowest BCUT2D eigenvalue weighted by molar-refractivity contribution is 0.101. The highest BCUT2D eigenvalue weighted by atomic mass is 32.2. The molecule has 0 radical (unpaired) electrons. The standard InChI is InChI=1S/C15H22FNO3S/c1-3-20-10-15(9-17)13(14(15)21(18,19)4-2)11-5-7-12(16)8-6-11/h5-8,13-14H,3-4,9-10,17H2,1-2H3/t13-,14+,15+/m1/s1. The zero-order valence-electron chi connectivity index (χ0n) is 12.4. The summed E-state index contributed by atoms with van der Waals surface area (Å²) >= 11 is 0. The quantitative estimate of drug-likeness (QED) is 0.831. The first-order valence-corrected chi connectivity index (χ1v) is 8.89. The summed E-state index contributed by atoms with van der Waals surface area (Å²) in [6, 6.07) is 5.99. The predicted octanol–water partition coefficient (Wildman–Crippen LogP) is 1.71. The molecular formula is C15H22FNO3S. The third-order valence-corrected chi connectivity index (χ3v) is 6.67. The molecule has 6 heteroatoms. The average Bonchev–Trinajstić information content (AvgIpc) is 3.16. The van der Waals surface area contributed by atoms with E-state index in [0.717, 1.165) is 5.56 Å². The molecule has 1 aliphatic carbocycles. The largest absolute Gasteiger partial charge is 0.381 e. The lowest BCUT2D eigenvalue weighted by atomic mass is 10.00. The zero-order valence-corrected chi connectivity index (χ0v) is 13.2. The number of ether oxygens (including phenoxy) is 1. The fraction of sp³-hybridized carbons (Fsp3) is 0.600. The molecule has 1 fully saturated rings. The van der Waals surface area contributed by atoms with Crippen LogP contribution in [0.15, 0.2) is 24.3 Å². The molecule has 0 bridgehead atoms. The van der Waals surface area contributed by atoms with Crippen molar-refractivity contribution in [3.8, 4) is 0 Å². The van der Waals surface area contributed by atoms with E-state index >= 15 is 0 Å². The van der Waals surface area contributed by atoms with Gasteiger partial charge in [-0.15, -0.1) is 0 Å². The van der Waals surface area contributed by atoms with E-state index in [4.69, 9.17) is 10.5 Å². The van der Waals surface area contributed by atoms with Crippen molar-refractivity contribution in [2.24, 2.45) is 11.1 Å². The Morgan fingerprint density at radius 1 is 1.29 bits per heavy atom. The van der Waals surface area contributed by atoms with E-state index in [1.165, 1.54) is 12.1 Å². The highest BCUT2D eigenvalue weighted by Gasteiger charge is 2.69. The van der Waals surface area contributed by atoms with Crippen LogP contribution in [0.25, 0.3) is 0 Å². The normalized spacial score (nSPS) is 28.6. The first-order chi connectivity index (χ1) is 9.93.